The summed E-state index contributed by atoms with van der Waals surface area (Å²) in [6.45, 7) is 5.27. The number of rotatable bonds is 8. The van der Waals surface area contributed by atoms with E-state index in [1.54, 1.807) is 23.7 Å². The summed E-state index contributed by atoms with van der Waals surface area (Å²) in [5.74, 6) is 1.98. The maximum absolute atomic E-state index is 5.90. The lowest BCUT2D eigenvalue weighted by Crippen LogP contribution is -2.47. The number of piperazine rings is 1. The van der Waals surface area contributed by atoms with Crippen LogP contribution in [0.3, 0.4) is 0 Å². The van der Waals surface area contributed by atoms with Crippen LogP contribution in [-0.2, 0) is 26.1 Å². The summed E-state index contributed by atoms with van der Waals surface area (Å²) in [4.78, 5) is 14.6. The van der Waals surface area contributed by atoms with Crippen molar-refractivity contribution >= 4 is 29.4 Å². The molecule has 0 unspecified atom stereocenters. The molecular formula is C24H27N7S2. The van der Waals surface area contributed by atoms with Gasteiger partial charge >= 0.3 is 0 Å². The Hall–Kier alpha value is -2.88. The number of aryl methyl sites for hydroxylation is 1. The molecule has 170 valence electrons. The fourth-order valence-corrected chi connectivity index (χ4v) is 5.15. The predicted molar refractivity (Wildman–Crippen MR) is 134 cm³/mol. The zero-order valence-corrected chi connectivity index (χ0v) is 20.1. The standard InChI is InChI=1S/C24H27N7S2/c32-24-30(11-8-20-5-2-1-3-6-20)22(17-21-7-4-16-33-21)27-31(24)19-28-12-14-29(15-13-28)23-18-25-9-10-26-23/h1-7,9-10,16,18H,8,11-15,17,19H2. The van der Waals surface area contributed by atoms with Gasteiger partial charge in [-0.2, -0.15) is 5.10 Å². The first kappa shape index (κ1) is 21.9. The summed E-state index contributed by atoms with van der Waals surface area (Å²) in [6, 6.07) is 14.8. The van der Waals surface area contributed by atoms with Gasteiger partial charge in [-0.05, 0) is 35.6 Å². The van der Waals surface area contributed by atoms with Gasteiger partial charge in [0.25, 0.3) is 0 Å². The third-order valence-electron chi connectivity index (χ3n) is 5.96. The second-order valence-corrected chi connectivity index (χ2v) is 9.55. The maximum atomic E-state index is 5.90. The monoisotopic (exact) mass is 477 g/mol. The van der Waals surface area contributed by atoms with Crippen molar-refractivity contribution in [2.45, 2.75) is 26.1 Å². The molecule has 1 fully saturated rings. The van der Waals surface area contributed by atoms with Gasteiger partial charge in [-0.3, -0.25) is 9.88 Å². The van der Waals surface area contributed by atoms with Crippen molar-refractivity contribution < 1.29 is 0 Å². The van der Waals surface area contributed by atoms with Gasteiger partial charge in [0, 0.05) is 56.4 Å². The number of nitrogens with zero attached hydrogens (tertiary/aromatic N) is 7. The van der Waals surface area contributed by atoms with Gasteiger partial charge < -0.3 is 9.47 Å². The number of thiophene rings is 1. The van der Waals surface area contributed by atoms with E-state index in [0.717, 1.165) is 62.0 Å². The van der Waals surface area contributed by atoms with Crippen LogP contribution in [0.4, 0.5) is 5.82 Å². The molecule has 4 aromatic rings. The van der Waals surface area contributed by atoms with E-state index in [1.807, 2.05) is 10.9 Å². The third kappa shape index (κ3) is 5.38. The molecular weight excluding hydrogens is 450 g/mol. The number of aromatic nitrogens is 5. The summed E-state index contributed by atoms with van der Waals surface area (Å²) < 4.78 is 5.02. The first-order valence-electron chi connectivity index (χ1n) is 11.2. The zero-order chi connectivity index (χ0) is 22.5. The van der Waals surface area contributed by atoms with Gasteiger partial charge in [-0.25, -0.2) is 9.67 Å². The van der Waals surface area contributed by atoms with E-state index in [0.29, 0.717) is 6.67 Å². The van der Waals surface area contributed by atoms with Crippen molar-refractivity contribution in [3.63, 3.8) is 0 Å². The van der Waals surface area contributed by atoms with Gasteiger partial charge in [-0.1, -0.05) is 36.4 Å². The van der Waals surface area contributed by atoms with E-state index in [4.69, 9.17) is 17.3 Å². The minimum absolute atomic E-state index is 0.711. The fourth-order valence-electron chi connectivity index (χ4n) is 4.15. The van der Waals surface area contributed by atoms with Crippen molar-refractivity contribution in [3.8, 4) is 0 Å². The summed E-state index contributed by atoms with van der Waals surface area (Å²) in [6.07, 6.45) is 7.04. The molecule has 0 aliphatic carbocycles. The van der Waals surface area contributed by atoms with E-state index >= 15 is 0 Å². The molecule has 0 spiro atoms. The Morgan fingerprint density at radius 2 is 1.82 bits per heavy atom. The second-order valence-electron chi connectivity index (χ2n) is 8.15. The average molecular weight is 478 g/mol. The molecule has 33 heavy (non-hydrogen) atoms. The van der Waals surface area contributed by atoms with Gasteiger partial charge in [0.1, 0.15) is 11.6 Å². The van der Waals surface area contributed by atoms with Crippen LogP contribution in [0.5, 0.6) is 0 Å². The Balaban J connectivity index is 1.30. The summed E-state index contributed by atoms with van der Waals surface area (Å²) in [7, 11) is 0. The Morgan fingerprint density at radius 3 is 2.55 bits per heavy atom. The first-order chi connectivity index (χ1) is 16.3. The minimum atomic E-state index is 0.711. The average Bonchev–Trinajstić information content (AvgIpc) is 3.48. The van der Waals surface area contributed by atoms with Gasteiger partial charge in [-0.15, -0.1) is 11.3 Å². The molecule has 7 nitrogen and oxygen atoms in total. The Labute approximate surface area is 203 Å². The predicted octanol–water partition coefficient (Wildman–Crippen LogP) is 3.88. The van der Waals surface area contributed by atoms with Gasteiger partial charge in [0.15, 0.2) is 4.77 Å². The smallest absolute Gasteiger partial charge is 0.199 e. The quantitative estimate of drug-likeness (QED) is 0.359. The highest BCUT2D eigenvalue weighted by Gasteiger charge is 2.20. The molecule has 0 radical (unpaired) electrons. The van der Waals surface area contributed by atoms with Crippen molar-refractivity contribution in [2.75, 3.05) is 31.1 Å². The highest BCUT2D eigenvalue weighted by molar-refractivity contribution is 7.71. The molecule has 1 aliphatic heterocycles. The lowest BCUT2D eigenvalue weighted by molar-refractivity contribution is 0.193. The molecule has 0 N–H and O–H groups in total. The van der Waals surface area contributed by atoms with Crippen LogP contribution >= 0.6 is 23.6 Å². The molecule has 3 aromatic heterocycles. The van der Waals surface area contributed by atoms with E-state index in [1.165, 1.54) is 10.4 Å². The molecule has 1 saturated heterocycles. The van der Waals surface area contributed by atoms with Crippen LogP contribution < -0.4 is 4.90 Å². The molecule has 0 bridgehead atoms. The van der Waals surface area contributed by atoms with Crippen LogP contribution in [0, 0.1) is 4.77 Å². The molecule has 1 aromatic carbocycles. The second kappa shape index (κ2) is 10.4. The molecule has 9 heteroatoms. The molecule has 0 saturated carbocycles. The largest absolute Gasteiger partial charge is 0.353 e. The van der Waals surface area contributed by atoms with Crippen molar-refractivity contribution in [1.29, 1.82) is 0 Å². The lowest BCUT2D eigenvalue weighted by Gasteiger charge is -2.34. The van der Waals surface area contributed by atoms with Crippen LogP contribution in [-0.4, -0.2) is 55.4 Å². The highest BCUT2D eigenvalue weighted by atomic mass is 32.1. The van der Waals surface area contributed by atoms with E-state index in [2.05, 4.69) is 72.2 Å². The van der Waals surface area contributed by atoms with Gasteiger partial charge in [0.2, 0.25) is 0 Å². The normalized spacial score (nSPS) is 14.6. The Bertz CT molecular complexity index is 1190. The molecule has 4 heterocycles. The first-order valence-corrected chi connectivity index (χ1v) is 12.5. The topological polar surface area (TPSA) is 55.0 Å². The number of benzene rings is 1. The molecule has 0 amide bonds. The number of hydrogen-bond donors (Lipinski definition) is 0. The summed E-state index contributed by atoms with van der Waals surface area (Å²) in [5.41, 5.74) is 1.31. The minimum Gasteiger partial charge on any atom is -0.353 e. The lowest BCUT2D eigenvalue weighted by atomic mass is 10.1. The number of anilines is 1. The molecule has 0 atom stereocenters. The van der Waals surface area contributed by atoms with E-state index in [-0.39, 0.29) is 0 Å². The summed E-state index contributed by atoms with van der Waals surface area (Å²) >= 11 is 7.67. The maximum Gasteiger partial charge on any atom is 0.199 e. The molecule has 5 rings (SSSR count). The Morgan fingerprint density at radius 1 is 0.970 bits per heavy atom. The van der Waals surface area contributed by atoms with Gasteiger partial charge in [0.05, 0.1) is 12.9 Å². The zero-order valence-electron chi connectivity index (χ0n) is 18.5. The van der Waals surface area contributed by atoms with Crippen LogP contribution in [0.15, 0.2) is 66.4 Å². The van der Waals surface area contributed by atoms with E-state index in [9.17, 15) is 0 Å². The van der Waals surface area contributed by atoms with Crippen LogP contribution in [0.25, 0.3) is 0 Å². The van der Waals surface area contributed by atoms with Crippen LogP contribution in [0.2, 0.25) is 0 Å². The SMILES string of the molecule is S=c1n(CN2CCN(c3cnccn3)CC2)nc(Cc2cccs2)n1CCc1ccccc1. The summed E-state index contributed by atoms with van der Waals surface area (Å²) in [5, 5.41) is 7.09. The van der Waals surface area contributed by atoms with Crippen molar-refractivity contribution in [2.24, 2.45) is 0 Å². The fraction of sp³-hybridized carbons (Fsp3) is 0.333. The Kier molecular flexibility index (Phi) is 6.89. The van der Waals surface area contributed by atoms with Crippen molar-refractivity contribution in [3.05, 3.63) is 87.5 Å². The van der Waals surface area contributed by atoms with Crippen LogP contribution in [0.1, 0.15) is 16.3 Å². The molecule has 1 aliphatic rings. The highest BCUT2D eigenvalue weighted by Crippen LogP contribution is 2.17. The van der Waals surface area contributed by atoms with Crippen molar-refractivity contribution in [1.82, 2.24) is 29.2 Å². The third-order valence-corrected chi connectivity index (χ3v) is 7.27. The number of hydrogen-bond acceptors (Lipinski definition) is 7. The van der Waals surface area contributed by atoms with E-state index < -0.39 is 0 Å².